The van der Waals surface area contributed by atoms with E-state index in [9.17, 15) is 0 Å². The van der Waals surface area contributed by atoms with E-state index in [1.54, 1.807) is 6.07 Å². The topological polar surface area (TPSA) is 0 Å². The summed E-state index contributed by atoms with van der Waals surface area (Å²) in [6.45, 7) is 4.30. The summed E-state index contributed by atoms with van der Waals surface area (Å²) in [5, 5.41) is 1.35. The van der Waals surface area contributed by atoms with Crippen LogP contribution >= 0.6 is 0 Å². The third-order valence-corrected chi connectivity index (χ3v) is 9.62. The summed E-state index contributed by atoms with van der Waals surface area (Å²) in [5.41, 5.74) is -0.708. The molecular formula is C32H46F2. The number of hydrogen-bond acceptors (Lipinski definition) is 0. The van der Waals surface area contributed by atoms with Crippen LogP contribution in [0.15, 0.2) is 36.4 Å². The number of hydrogen-bond donors (Lipinski definition) is 0. The van der Waals surface area contributed by atoms with Crippen LogP contribution in [0.1, 0.15) is 104 Å². The second kappa shape index (κ2) is 12.0. The zero-order valence-electron chi connectivity index (χ0n) is 21.6. The average molecular weight is 469 g/mol. The zero-order valence-corrected chi connectivity index (χ0v) is 21.6. The van der Waals surface area contributed by atoms with Crippen LogP contribution in [0.3, 0.4) is 0 Å². The van der Waals surface area contributed by atoms with Gasteiger partial charge in [0.2, 0.25) is 0 Å². The Morgan fingerprint density at radius 1 is 0.941 bits per heavy atom. The molecule has 0 spiro atoms. The van der Waals surface area contributed by atoms with Crippen LogP contribution in [-0.4, -0.2) is 6.17 Å². The second-order valence-corrected chi connectivity index (χ2v) is 11.6. The second-order valence-electron chi connectivity index (χ2n) is 11.6. The minimum absolute atomic E-state index is 0.230. The van der Waals surface area contributed by atoms with Crippen LogP contribution in [0.5, 0.6) is 0 Å². The number of rotatable bonds is 9. The molecule has 188 valence electrons. The van der Waals surface area contributed by atoms with E-state index >= 15 is 8.78 Å². The monoisotopic (exact) mass is 468 g/mol. The molecule has 0 aromatic heterocycles. The van der Waals surface area contributed by atoms with E-state index in [1.807, 2.05) is 31.2 Å². The zero-order chi connectivity index (χ0) is 24.0. The number of alkyl halides is 1. The average Bonchev–Trinajstić information content (AvgIpc) is 2.88. The van der Waals surface area contributed by atoms with Crippen LogP contribution in [0, 0.1) is 29.1 Å². The Labute approximate surface area is 206 Å². The van der Waals surface area contributed by atoms with Crippen molar-refractivity contribution >= 4 is 11.9 Å². The Morgan fingerprint density at radius 3 is 2.29 bits per heavy atom. The van der Waals surface area contributed by atoms with Crippen LogP contribution in [0.4, 0.5) is 8.78 Å². The van der Waals surface area contributed by atoms with E-state index in [0.29, 0.717) is 11.6 Å². The summed E-state index contributed by atoms with van der Waals surface area (Å²) in [6, 6.07) is 7.47. The highest BCUT2D eigenvalue weighted by molar-refractivity contribution is 5.55. The molecule has 0 bridgehead atoms. The molecule has 0 aliphatic heterocycles. The van der Waals surface area contributed by atoms with Crippen LogP contribution in [0.25, 0.3) is 11.9 Å². The Balaban J connectivity index is 1.43. The summed E-state index contributed by atoms with van der Waals surface area (Å²) < 4.78 is 31.3. The van der Waals surface area contributed by atoms with Gasteiger partial charge >= 0.3 is 0 Å². The van der Waals surface area contributed by atoms with Gasteiger partial charge in [-0.1, -0.05) is 87.9 Å². The van der Waals surface area contributed by atoms with Crippen molar-refractivity contribution in [1.29, 1.82) is 0 Å². The van der Waals surface area contributed by atoms with Crippen molar-refractivity contribution in [3.63, 3.8) is 0 Å². The first-order chi connectivity index (χ1) is 16.6. The first-order valence-corrected chi connectivity index (χ1v) is 14.3. The quantitative estimate of drug-likeness (QED) is 0.252. The SMILES string of the molecule is C/C=C/CCC1(C2CCC(C3CCC(CCCCC)CC3)CC2)C=c2ccccc2=C(F)C1F. The van der Waals surface area contributed by atoms with Crippen LogP contribution in [0.2, 0.25) is 0 Å². The molecule has 0 amide bonds. The molecule has 4 rings (SSSR count). The minimum atomic E-state index is -1.52. The fourth-order valence-electron chi connectivity index (χ4n) is 7.56. The predicted molar refractivity (Wildman–Crippen MR) is 141 cm³/mol. The van der Waals surface area contributed by atoms with Crippen molar-refractivity contribution in [3.05, 3.63) is 46.9 Å². The fourth-order valence-corrected chi connectivity index (χ4v) is 7.56. The van der Waals surface area contributed by atoms with Gasteiger partial charge in [0.15, 0.2) is 6.17 Å². The highest BCUT2D eigenvalue weighted by Crippen LogP contribution is 2.52. The van der Waals surface area contributed by atoms with Crippen molar-refractivity contribution in [2.45, 2.75) is 110 Å². The van der Waals surface area contributed by atoms with Crippen molar-refractivity contribution in [2.24, 2.45) is 29.1 Å². The van der Waals surface area contributed by atoms with Gasteiger partial charge in [-0.15, -0.1) is 0 Å². The Hall–Kier alpha value is -1.44. The molecule has 0 heterocycles. The third-order valence-electron chi connectivity index (χ3n) is 9.62. The maximum atomic E-state index is 15.9. The highest BCUT2D eigenvalue weighted by Gasteiger charge is 2.48. The first-order valence-electron chi connectivity index (χ1n) is 14.3. The lowest BCUT2D eigenvalue weighted by molar-refractivity contribution is 0.0590. The summed E-state index contributed by atoms with van der Waals surface area (Å²) in [7, 11) is 0. The smallest absolute Gasteiger partial charge is 0.161 e. The molecule has 2 fully saturated rings. The van der Waals surface area contributed by atoms with Gasteiger partial charge in [-0.3, -0.25) is 0 Å². The Kier molecular flexibility index (Phi) is 9.05. The molecule has 3 aliphatic carbocycles. The molecule has 1 aromatic carbocycles. The number of benzene rings is 1. The van der Waals surface area contributed by atoms with Crippen LogP contribution in [-0.2, 0) is 0 Å². The van der Waals surface area contributed by atoms with E-state index in [1.165, 1.54) is 64.2 Å². The minimum Gasteiger partial charge on any atom is -0.239 e. The maximum absolute atomic E-state index is 15.9. The summed E-state index contributed by atoms with van der Waals surface area (Å²) in [5.74, 6) is 2.30. The van der Waals surface area contributed by atoms with Crippen molar-refractivity contribution < 1.29 is 8.78 Å². The molecule has 34 heavy (non-hydrogen) atoms. The van der Waals surface area contributed by atoms with Gasteiger partial charge in [0.05, 0.1) is 0 Å². The molecule has 2 saturated carbocycles. The highest BCUT2D eigenvalue weighted by atomic mass is 19.2. The van der Waals surface area contributed by atoms with Gasteiger partial charge in [0, 0.05) is 10.6 Å². The molecule has 2 atom stereocenters. The number of allylic oxidation sites excluding steroid dienone is 2. The molecule has 1 aromatic rings. The van der Waals surface area contributed by atoms with Gasteiger partial charge in [0.1, 0.15) is 5.83 Å². The molecule has 0 saturated heterocycles. The van der Waals surface area contributed by atoms with E-state index < -0.39 is 17.4 Å². The lowest BCUT2D eigenvalue weighted by Crippen LogP contribution is -2.48. The van der Waals surface area contributed by atoms with E-state index in [4.69, 9.17) is 0 Å². The van der Waals surface area contributed by atoms with Crippen molar-refractivity contribution in [2.75, 3.05) is 0 Å². The van der Waals surface area contributed by atoms with E-state index in [2.05, 4.69) is 19.1 Å². The lowest BCUT2D eigenvalue weighted by atomic mass is 9.59. The number of fused-ring (bicyclic) bond motifs is 1. The first kappa shape index (κ1) is 25.6. The summed E-state index contributed by atoms with van der Waals surface area (Å²) in [6.07, 6.45) is 21.9. The molecular weight excluding hydrogens is 422 g/mol. The number of unbranched alkanes of at least 4 members (excludes halogenated alkanes) is 2. The largest absolute Gasteiger partial charge is 0.239 e. The fraction of sp³-hybridized carbons (Fsp3) is 0.688. The Morgan fingerprint density at radius 2 is 1.62 bits per heavy atom. The summed E-state index contributed by atoms with van der Waals surface area (Å²) in [4.78, 5) is 0. The van der Waals surface area contributed by atoms with Crippen molar-refractivity contribution in [1.82, 2.24) is 0 Å². The van der Waals surface area contributed by atoms with Crippen molar-refractivity contribution in [3.8, 4) is 0 Å². The van der Waals surface area contributed by atoms with Gasteiger partial charge in [-0.25, -0.2) is 8.78 Å². The van der Waals surface area contributed by atoms with E-state index in [-0.39, 0.29) is 5.92 Å². The van der Waals surface area contributed by atoms with Gasteiger partial charge in [-0.05, 0) is 87.2 Å². The molecule has 0 N–H and O–H groups in total. The standard InChI is InChI=1S/C32H46F2/c1-3-5-7-11-24-14-16-25(17-15-24)26-18-20-28(21-19-26)32(22-10-6-4-2)23-27-12-8-9-13-29(27)30(33)31(32)34/h4,6,8-9,12-13,23-26,28,31H,3,5,7,10-11,14-22H2,1-2H3/b6-4+. The lowest BCUT2D eigenvalue weighted by Gasteiger charge is -2.46. The van der Waals surface area contributed by atoms with E-state index in [0.717, 1.165) is 42.2 Å². The maximum Gasteiger partial charge on any atom is 0.161 e. The number of halogens is 2. The molecule has 2 heteroatoms. The molecule has 0 radical (unpaired) electrons. The van der Waals surface area contributed by atoms with Gasteiger partial charge < -0.3 is 0 Å². The predicted octanol–water partition coefficient (Wildman–Crippen LogP) is 8.43. The Bertz CT molecular complexity index is 915. The third kappa shape index (κ3) is 5.52. The normalized spacial score (nSPS) is 34.1. The van der Waals surface area contributed by atoms with Gasteiger partial charge in [0.25, 0.3) is 0 Å². The summed E-state index contributed by atoms with van der Waals surface area (Å²) >= 11 is 0. The molecule has 2 unspecified atom stereocenters. The van der Waals surface area contributed by atoms with Crippen LogP contribution < -0.4 is 10.4 Å². The molecule has 0 nitrogen and oxygen atoms in total. The molecule has 3 aliphatic rings. The van der Waals surface area contributed by atoms with Gasteiger partial charge in [-0.2, -0.15) is 0 Å².